The predicted octanol–water partition coefficient (Wildman–Crippen LogP) is 2.59. The van der Waals surface area contributed by atoms with Crippen LogP contribution in [0, 0.1) is 6.92 Å². The molecule has 2 N–H and O–H groups in total. The van der Waals surface area contributed by atoms with Gasteiger partial charge in [-0.05, 0) is 42.3 Å². The van der Waals surface area contributed by atoms with E-state index in [-0.39, 0.29) is 12.5 Å². The van der Waals surface area contributed by atoms with Gasteiger partial charge in [-0.3, -0.25) is 9.78 Å². The predicted molar refractivity (Wildman–Crippen MR) is 83.2 cm³/mol. The van der Waals surface area contributed by atoms with Crippen molar-refractivity contribution in [2.75, 3.05) is 24.4 Å². The molecule has 0 aliphatic heterocycles. The van der Waals surface area contributed by atoms with Crippen LogP contribution in [-0.4, -0.2) is 24.6 Å². The van der Waals surface area contributed by atoms with Gasteiger partial charge in [-0.25, -0.2) is 0 Å². The van der Waals surface area contributed by atoms with Crippen LogP contribution in [0.25, 0.3) is 0 Å². The Morgan fingerprint density at radius 3 is 2.86 bits per heavy atom. The number of carbonyl (C=O) groups excluding carboxylic acids is 1. The van der Waals surface area contributed by atoms with Gasteiger partial charge in [0.25, 0.3) is 0 Å². The van der Waals surface area contributed by atoms with Crippen LogP contribution in [0.15, 0.2) is 42.7 Å². The minimum absolute atomic E-state index is 0.0482. The molecule has 1 amide bonds. The van der Waals surface area contributed by atoms with Crippen molar-refractivity contribution in [3.8, 4) is 0 Å². The van der Waals surface area contributed by atoms with Crippen LogP contribution in [0.3, 0.4) is 0 Å². The third-order valence-corrected chi connectivity index (χ3v) is 3.05. The molecule has 1 heterocycles. The highest BCUT2D eigenvalue weighted by molar-refractivity contribution is 5.92. The SMILES string of the molecule is COCC(=O)Nc1cccc(NCc2cnccc2C)c1. The lowest BCUT2D eigenvalue weighted by Gasteiger charge is -2.10. The number of aryl methyl sites for hydroxylation is 1. The van der Waals surface area contributed by atoms with E-state index in [1.165, 1.54) is 12.7 Å². The van der Waals surface area contributed by atoms with Crippen molar-refractivity contribution in [2.45, 2.75) is 13.5 Å². The van der Waals surface area contributed by atoms with E-state index < -0.39 is 0 Å². The van der Waals surface area contributed by atoms with E-state index in [1.807, 2.05) is 36.5 Å². The molecular formula is C16H19N3O2. The number of pyridine rings is 1. The zero-order valence-corrected chi connectivity index (χ0v) is 12.2. The molecule has 5 nitrogen and oxygen atoms in total. The van der Waals surface area contributed by atoms with Crippen molar-refractivity contribution in [3.05, 3.63) is 53.9 Å². The standard InChI is InChI=1S/C16H19N3O2/c1-12-6-7-17-9-13(12)10-18-14-4-3-5-15(8-14)19-16(20)11-21-2/h3-9,18H,10-11H2,1-2H3,(H,19,20). The van der Waals surface area contributed by atoms with Crippen LogP contribution >= 0.6 is 0 Å². The lowest BCUT2D eigenvalue weighted by atomic mass is 10.1. The van der Waals surface area contributed by atoms with Gasteiger partial charge in [0, 0.05) is 37.4 Å². The van der Waals surface area contributed by atoms with E-state index in [2.05, 4.69) is 22.5 Å². The van der Waals surface area contributed by atoms with Gasteiger partial charge in [-0.1, -0.05) is 6.07 Å². The Kier molecular flexibility index (Phi) is 5.29. The topological polar surface area (TPSA) is 63.2 Å². The maximum absolute atomic E-state index is 11.5. The molecule has 2 rings (SSSR count). The average Bonchev–Trinajstić information content (AvgIpc) is 2.47. The number of methoxy groups -OCH3 is 1. The minimum Gasteiger partial charge on any atom is -0.381 e. The molecule has 0 saturated carbocycles. The number of anilines is 2. The smallest absolute Gasteiger partial charge is 0.250 e. The third kappa shape index (κ3) is 4.57. The number of ether oxygens (including phenoxy) is 1. The summed E-state index contributed by atoms with van der Waals surface area (Å²) in [4.78, 5) is 15.6. The van der Waals surface area contributed by atoms with Crippen molar-refractivity contribution in [3.63, 3.8) is 0 Å². The molecule has 1 aromatic heterocycles. The number of rotatable bonds is 6. The minimum atomic E-state index is -0.169. The third-order valence-electron chi connectivity index (χ3n) is 3.05. The van der Waals surface area contributed by atoms with E-state index in [1.54, 1.807) is 6.20 Å². The summed E-state index contributed by atoms with van der Waals surface area (Å²) in [6, 6.07) is 9.56. The van der Waals surface area contributed by atoms with Crippen molar-refractivity contribution in [1.29, 1.82) is 0 Å². The summed E-state index contributed by atoms with van der Waals surface area (Å²) in [6.45, 7) is 2.79. The van der Waals surface area contributed by atoms with Crippen LogP contribution in [0.5, 0.6) is 0 Å². The van der Waals surface area contributed by atoms with Crippen molar-refractivity contribution < 1.29 is 9.53 Å². The van der Waals surface area contributed by atoms with Gasteiger partial charge < -0.3 is 15.4 Å². The molecule has 5 heteroatoms. The number of hydrogen-bond acceptors (Lipinski definition) is 4. The van der Waals surface area contributed by atoms with E-state index in [9.17, 15) is 4.79 Å². The fourth-order valence-electron chi connectivity index (χ4n) is 1.91. The van der Waals surface area contributed by atoms with E-state index in [4.69, 9.17) is 4.74 Å². The Morgan fingerprint density at radius 1 is 1.29 bits per heavy atom. The zero-order chi connectivity index (χ0) is 15.1. The number of amides is 1. The molecule has 0 radical (unpaired) electrons. The molecule has 0 spiro atoms. The van der Waals surface area contributed by atoms with Crippen LogP contribution in [0.2, 0.25) is 0 Å². The molecule has 0 bridgehead atoms. The molecule has 0 aliphatic rings. The summed E-state index contributed by atoms with van der Waals surface area (Å²) < 4.78 is 4.79. The number of nitrogens with one attached hydrogen (secondary N) is 2. The number of aromatic nitrogens is 1. The Bertz CT molecular complexity index is 614. The Hall–Kier alpha value is -2.40. The normalized spacial score (nSPS) is 10.2. The number of nitrogens with zero attached hydrogens (tertiary/aromatic N) is 1. The van der Waals surface area contributed by atoms with Gasteiger partial charge in [0.05, 0.1) is 0 Å². The first-order chi connectivity index (χ1) is 10.2. The van der Waals surface area contributed by atoms with Gasteiger partial charge in [0.1, 0.15) is 6.61 Å². The van der Waals surface area contributed by atoms with Gasteiger partial charge in [0.2, 0.25) is 5.91 Å². The first-order valence-electron chi connectivity index (χ1n) is 6.71. The van der Waals surface area contributed by atoms with Crippen LogP contribution in [-0.2, 0) is 16.1 Å². The molecule has 0 aliphatic carbocycles. The molecule has 0 unspecified atom stereocenters. The average molecular weight is 285 g/mol. The molecule has 2 aromatic rings. The lowest BCUT2D eigenvalue weighted by Crippen LogP contribution is -2.17. The second kappa shape index (κ2) is 7.40. The summed E-state index contributed by atoms with van der Waals surface area (Å²) in [5, 5.41) is 6.10. The lowest BCUT2D eigenvalue weighted by molar-refractivity contribution is -0.119. The van der Waals surface area contributed by atoms with Crippen LogP contribution in [0.4, 0.5) is 11.4 Å². The second-order valence-corrected chi connectivity index (χ2v) is 4.72. The Balaban J connectivity index is 1.98. The number of benzene rings is 1. The van der Waals surface area contributed by atoms with E-state index in [0.29, 0.717) is 6.54 Å². The summed E-state index contributed by atoms with van der Waals surface area (Å²) >= 11 is 0. The summed E-state index contributed by atoms with van der Waals surface area (Å²) in [5.74, 6) is -0.169. The van der Waals surface area contributed by atoms with Gasteiger partial charge in [-0.15, -0.1) is 0 Å². The molecule has 110 valence electrons. The molecule has 0 saturated heterocycles. The van der Waals surface area contributed by atoms with Gasteiger partial charge in [0.15, 0.2) is 0 Å². The van der Waals surface area contributed by atoms with Crippen LogP contribution in [0.1, 0.15) is 11.1 Å². The maximum Gasteiger partial charge on any atom is 0.250 e. The van der Waals surface area contributed by atoms with Crippen molar-refractivity contribution in [2.24, 2.45) is 0 Å². The fraction of sp³-hybridized carbons (Fsp3) is 0.250. The maximum atomic E-state index is 11.5. The molecule has 21 heavy (non-hydrogen) atoms. The molecule has 0 fully saturated rings. The van der Waals surface area contributed by atoms with Crippen molar-refractivity contribution in [1.82, 2.24) is 4.98 Å². The largest absolute Gasteiger partial charge is 0.381 e. The summed E-state index contributed by atoms with van der Waals surface area (Å²) in [7, 11) is 1.49. The first kappa shape index (κ1) is 15.0. The fourth-order valence-corrected chi connectivity index (χ4v) is 1.91. The number of hydrogen-bond donors (Lipinski definition) is 2. The van der Waals surface area contributed by atoms with Gasteiger partial charge >= 0.3 is 0 Å². The summed E-state index contributed by atoms with van der Waals surface area (Å²) in [5.41, 5.74) is 4.02. The molecular weight excluding hydrogens is 266 g/mol. The Labute approximate surface area is 124 Å². The zero-order valence-electron chi connectivity index (χ0n) is 12.2. The van der Waals surface area contributed by atoms with Crippen molar-refractivity contribution >= 4 is 17.3 Å². The van der Waals surface area contributed by atoms with E-state index in [0.717, 1.165) is 16.9 Å². The second-order valence-electron chi connectivity index (χ2n) is 4.72. The Morgan fingerprint density at radius 2 is 2.10 bits per heavy atom. The first-order valence-corrected chi connectivity index (χ1v) is 6.71. The van der Waals surface area contributed by atoms with Crippen LogP contribution < -0.4 is 10.6 Å². The number of carbonyl (C=O) groups is 1. The highest BCUT2D eigenvalue weighted by Crippen LogP contribution is 2.16. The summed E-state index contributed by atoms with van der Waals surface area (Å²) in [6.07, 6.45) is 3.64. The quantitative estimate of drug-likeness (QED) is 0.856. The molecule has 0 atom stereocenters. The van der Waals surface area contributed by atoms with E-state index >= 15 is 0 Å². The van der Waals surface area contributed by atoms with Gasteiger partial charge in [-0.2, -0.15) is 0 Å². The highest BCUT2D eigenvalue weighted by atomic mass is 16.5. The monoisotopic (exact) mass is 285 g/mol. The highest BCUT2D eigenvalue weighted by Gasteiger charge is 2.03. The molecule has 1 aromatic carbocycles.